The molecule has 0 aliphatic carbocycles. The van der Waals surface area contributed by atoms with Gasteiger partial charge in [-0.2, -0.15) is 0 Å². The van der Waals surface area contributed by atoms with E-state index in [1.165, 1.54) is 5.56 Å². The first-order chi connectivity index (χ1) is 9.17. The van der Waals surface area contributed by atoms with Crippen molar-refractivity contribution in [2.24, 2.45) is 5.73 Å². The van der Waals surface area contributed by atoms with E-state index in [4.69, 9.17) is 15.2 Å². The number of hydrogen-bond donors (Lipinski definition) is 1. The minimum absolute atomic E-state index is 0.145. The molecular formula is C16H19NO2. The number of nitrogens with two attached hydrogens (primary N) is 1. The zero-order chi connectivity index (χ0) is 13.7. The Kier molecular flexibility index (Phi) is 4.42. The quantitative estimate of drug-likeness (QED) is 0.893. The van der Waals surface area contributed by atoms with Crippen LogP contribution in [0.2, 0.25) is 0 Å². The van der Waals surface area contributed by atoms with Crippen molar-refractivity contribution in [2.45, 2.75) is 19.4 Å². The maximum Gasteiger partial charge on any atom is 0.131 e. The summed E-state index contributed by atoms with van der Waals surface area (Å²) in [6.45, 7) is 2.00. The summed E-state index contributed by atoms with van der Waals surface area (Å²) in [6, 6.07) is 15.7. The summed E-state index contributed by atoms with van der Waals surface area (Å²) in [5.74, 6) is 2.35. The summed E-state index contributed by atoms with van der Waals surface area (Å²) in [4.78, 5) is 0. The van der Waals surface area contributed by atoms with Gasteiger partial charge in [0.05, 0.1) is 7.11 Å². The fourth-order valence-electron chi connectivity index (χ4n) is 1.91. The molecule has 0 heterocycles. The minimum atomic E-state index is 0.145. The highest BCUT2D eigenvalue weighted by Gasteiger charge is 2.02. The molecule has 0 aliphatic heterocycles. The molecule has 0 aliphatic rings. The summed E-state index contributed by atoms with van der Waals surface area (Å²) < 4.78 is 11.0. The molecule has 0 radical (unpaired) electrons. The molecule has 0 amide bonds. The highest BCUT2D eigenvalue weighted by molar-refractivity contribution is 5.38. The lowest BCUT2D eigenvalue weighted by atomic mass is 10.1. The van der Waals surface area contributed by atoms with Crippen LogP contribution in [0.15, 0.2) is 48.5 Å². The molecular weight excluding hydrogens is 238 g/mol. The molecule has 0 aromatic heterocycles. The summed E-state index contributed by atoms with van der Waals surface area (Å²) in [7, 11) is 1.64. The number of ether oxygens (including phenoxy) is 2. The molecule has 0 spiro atoms. The lowest BCUT2D eigenvalue weighted by Crippen LogP contribution is -2.17. The SMILES string of the molecule is COc1cccc(Oc2cccc(CC(C)N)c2)c1. The first kappa shape index (κ1) is 13.4. The Balaban J connectivity index is 2.13. The van der Waals surface area contributed by atoms with E-state index in [0.717, 1.165) is 23.7 Å². The van der Waals surface area contributed by atoms with Crippen LogP contribution in [0.3, 0.4) is 0 Å². The second-order valence-corrected chi connectivity index (χ2v) is 4.61. The molecule has 0 bridgehead atoms. The van der Waals surface area contributed by atoms with E-state index in [9.17, 15) is 0 Å². The van der Waals surface area contributed by atoms with Crippen molar-refractivity contribution in [2.75, 3.05) is 7.11 Å². The van der Waals surface area contributed by atoms with Crippen LogP contribution in [0.25, 0.3) is 0 Å². The molecule has 3 nitrogen and oxygen atoms in total. The molecule has 2 N–H and O–H groups in total. The Morgan fingerprint density at radius 2 is 1.63 bits per heavy atom. The average molecular weight is 257 g/mol. The molecule has 1 atom stereocenters. The van der Waals surface area contributed by atoms with Crippen LogP contribution in [0.1, 0.15) is 12.5 Å². The van der Waals surface area contributed by atoms with Gasteiger partial charge in [-0.05, 0) is 43.2 Å². The molecule has 2 aromatic rings. The van der Waals surface area contributed by atoms with E-state index in [2.05, 4.69) is 6.07 Å². The van der Waals surface area contributed by atoms with Crippen molar-refractivity contribution < 1.29 is 9.47 Å². The molecule has 0 fully saturated rings. The van der Waals surface area contributed by atoms with Gasteiger partial charge >= 0.3 is 0 Å². The van der Waals surface area contributed by atoms with E-state index in [1.807, 2.05) is 49.4 Å². The monoisotopic (exact) mass is 257 g/mol. The zero-order valence-corrected chi connectivity index (χ0v) is 11.3. The van der Waals surface area contributed by atoms with Crippen LogP contribution in [-0.4, -0.2) is 13.2 Å². The largest absolute Gasteiger partial charge is 0.497 e. The van der Waals surface area contributed by atoms with Gasteiger partial charge < -0.3 is 15.2 Å². The number of methoxy groups -OCH3 is 1. The highest BCUT2D eigenvalue weighted by Crippen LogP contribution is 2.25. The van der Waals surface area contributed by atoms with Gasteiger partial charge in [0.25, 0.3) is 0 Å². The van der Waals surface area contributed by atoms with Crippen molar-refractivity contribution in [3.05, 3.63) is 54.1 Å². The van der Waals surface area contributed by atoms with E-state index in [1.54, 1.807) is 7.11 Å². The molecule has 2 aromatic carbocycles. The summed E-state index contributed by atoms with van der Waals surface area (Å²) >= 11 is 0. The van der Waals surface area contributed by atoms with Crippen LogP contribution >= 0.6 is 0 Å². The normalized spacial score (nSPS) is 11.9. The molecule has 100 valence electrons. The van der Waals surface area contributed by atoms with Gasteiger partial charge in [0.2, 0.25) is 0 Å². The fourth-order valence-corrected chi connectivity index (χ4v) is 1.91. The third-order valence-electron chi connectivity index (χ3n) is 2.73. The second kappa shape index (κ2) is 6.25. The van der Waals surface area contributed by atoms with Crippen molar-refractivity contribution in [1.82, 2.24) is 0 Å². The predicted molar refractivity (Wildman–Crippen MR) is 76.9 cm³/mol. The van der Waals surface area contributed by atoms with Gasteiger partial charge in [-0.1, -0.05) is 18.2 Å². The van der Waals surface area contributed by atoms with Gasteiger partial charge in [-0.25, -0.2) is 0 Å². The fraction of sp³-hybridized carbons (Fsp3) is 0.250. The third kappa shape index (κ3) is 4.00. The maximum atomic E-state index is 5.82. The minimum Gasteiger partial charge on any atom is -0.497 e. The van der Waals surface area contributed by atoms with Crippen molar-refractivity contribution in [3.8, 4) is 17.2 Å². The predicted octanol–water partition coefficient (Wildman–Crippen LogP) is 3.38. The lowest BCUT2D eigenvalue weighted by molar-refractivity contribution is 0.409. The first-order valence-corrected chi connectivity index (χ1v) is 6.34. The van der Waals surface area contributed by atoms with Crippen LogP contribution < -0.4 is 15.2 Å². The maximum absolute atomic E-state index is 5.82. The lowest BCUT2D eigenvalue weighted by Gasteiger charge is -2.10. The van der Waals surface area contributed by atoms with Gasteiger partial charge in [0, 0.05) is 12.1 Å². The van der Waals surface area contributed by atoms with E-state index in [-0.39, 0.29) is 6.04 Å². The van der Waals surface area contributed by atoms with Crippen LogP contribution in [-0.2, 0) is 6.42 Å². The van der Waals surface area contributed by atoms with Crippen molar-refractivity contribution in [1.29, 1.82) is 0 Å². The molecule has 0 saturated carbocycles. The Labute approximate surface area is 114 Å². The van der Waals surface area contributed by atoms with Crippen LogP contribution in [0.4, 0.5) is 0 Å². The third-order valence-corrected chi connectivity index (χ3v) is 2.73. The topological polar surface area (TPSA) is 44.5 Å². The molecule has 3 heteroatoms. The summed E-state index contributed by atoms with van der Waals surface area (Å²) in [5, 5.41) is 0. The van der Waals surface area contributed by atoms with Gasteiger partial charge in [-0.3, -0.25) is 0 Å². The number of hydrogen-bond acceptors (Lipinski definition) is 3. The van der Waals surface area contributed by atoms with Gasteiger partial charge in [-0.15, -0.1) is 0 Å². The van der Waals surface area contributed by atoms with Gasteiger partial charge in [0.1, 0.15) is 17.2 Å². The van der Waals surface area contributed by atoms with E-state index in [0.29, 0.717) is 0 Å². The smallest absolute Gasteiger partial charge is 0.131 e. The molecule has 2 rings (SSSR count). The Bertz CT molecular complexity index is 538. The average Bonchev–Trinajstić information content (AvgIpc) is 2.38. The van der Waals surface area contributed by atoms with Crippen molar-refractivity contribution in [3.63, 3.8) is 0 Å². The molecule has 1 unspecified atom stereocenters. The second-order valence-electron chi connectivity index (χ2n) is 4.61. The molecule has 0 saturated heterocycles. The first-order valence-electron chi connectivity index (χ1n) is 6.34. The molecule has 19 heavy (non-hydrogen) atoms. The van der Waals surface area contributed by atoms with Crippen molar-refractivity contribution >= 4 is 0 Å². The van der Waals surface area contributed by atoms with Crippen LogP contribution in [0.5, 0.6) is 17.2 Å². The Morgan fingerprint density at radius 3 is 2.32 bits per heavy atom. The van der Waals surface area contributed by atoms with E-state index >= 15 is 0 Å². The standard InChI is InChI=1S/C16H19NO2/c1-12(17)9-13-5-3-7-15(10-13)19-16-8-4-6-14(11-16)18-2/h3-8,10-12H,9,17H2,1-2H3. The number of benzene rings is 2. The highest BCUT2D eigenvalue weighted by atomic mass is 16.5. The Morgan fingerprint density at radius 1 is 1.00 bits per heavy atom. The summed E-state index contributed by atoms with van der Waals surface area (Å²) in [6.07, 6.45) is 0.843. The van der Waals surface area contributed by atoms with Gasteiger partial charge in [0.15, 0.2) is 0 Å². The Hall–Kier alpha value is -2.00. The van der Waals surface area contributed by atoms with E-state index < -0.39 is 0 Å². The van der Waals surface area contributed by atoms with Crippen LogP contribution in [0, 0.1) is 0 Å². The zero-order valence-electron chi connectivity index (χ0n) is 11.3. The summed E-state index contributed by atoms with van der Waals surface area (Å²) in [5.41, 5.74) is 6.98. The number of rotatable bonds is 5.